The van der Waals surface area contributed by atoms with Gasteiger partial charge in [0.1, 0.15) is 5.69 Å². The maximum atomic E-state index is 13.3. The Kier molecular flexibility index (Phi) is 6.01. The number of carbonyl (C=O) groups is 1. The third kappa shape index (κ3) is 3.97. The third-order valence-electron chi connectivity index (χ3n) is 5.72. The van der Waals surface area contributed by atoms with Gasteiger partial charge in [0.25, 0.3) is 5.91 Å². The summed E-state index contributed by atoms with van der Waals surface area (Å²) in [6.45, 7) is 10.7. The van der Waals surface area contributed by atoms with Crippen molar-refractivity contribution < 1.29 is 4.79 Å². The van der Waals surface area contributed by atoms with Gasteiger partial charge < -0.3 is 15.7 Å². The molecule has 0 aliphatic rings. The van der Waals surface area contributed by atoms with Crippen LogP contribution >= 0.6 is 0 Å². The summed E-state index contributed by atoms with van der Waals surface area (Å²) < 4.78 is 1.99. The normalized spacial score (nSPS) is 12.1. The number of nitrogens with one attached hydrogen (secondary N) is 1. The largest absolute Gasteiger partial charge is 0.339 e. The minimum Gasteiger partial charge on any atom is -0.339 e. The van der Waals surface area contributed by atoms with Gasteiger partial charge in [0, 0.05) is 23.7 Å². The van der Waals surface area contributed by atoms with Crippen molar-refractivity contribution in [1.82, 2.24) is 4.57 Å². The number of fused-ring (bicyclic) bond motifs is 1. The van der Waals surface area contributed by atoms with Gasteiger partial charge in [0.05, 0.1) is 11.7 Å². The van der Waals surface area contributed by atoms with Crippen LogP contribution in [-0.4, -0.2) is 16.7 Å². The molecule has 0 radical (unpaired) electrons. The van der Waals surface area contributed by atoms with Crippen LogP contribution in [0.15, 0.2) is 41.5 Å². The standard InChI is InChI=1S/C25H32N4O/c1-7-16-10-9-11-17-13-22(29(6)23(16)17)24(30)28-21-14-19(25(3,4)5)12-18(15-27-26)20(21)8-2/h9-15H,7-8,26H2,1-6H3,(H,28,30). The Morgan fingerprint density at radius 1 is 1.17 bits per heavy atom. The molecule has 5 nitrogen and oxygen atoms in total. The lowest BCUT2D eigenvalue weighted by molar-refractivity contribution is 0.101. The van der Waals surface area contributed by atoms with E-state index < -0.39 is 0 Å². The molecular weight excluding hydrogens is 372 g/mol. The summed E-state index contributed by atoms with van der Waals surface area (Å²) in [5.74, 6) is 5.34. The first-order valence-electron chi connectivity index (χ1n) is 10.5. The average Bonchev–Trinajstić information content (AvgIpc) is 3.04. The summed E-state index contributed by atoms with van der Waals surface area (Å²) in [4.78, 5) is 13.3. The van der Waals surface area contributed by atoms with E-state index in [0.29, 0.717) is 5.69 Å². The van der Waals surface area contributed by atoms with Crippen molar-refractivity contribution in [2.75, 3.05) is 5.32 Å². The number of benzene rings is 2. The number of para-hydroxylation sites is 1. The molecule has 2 aromatic carbocycles. The summed E-state index contributed by atoms with van der Waals surface area (Å²) in [7, 11) is 1.95. The second kappa shape index (κ2) is 8.34. The molecule has 3 N–H and O–H groups in total. The molecule has 30 heavy (non-hydrogen) atoms. The number of aromatic nitrogens is 1. The second-order valence-corrected chi connectivity index (χ2v) is 8.72. The number of anilines is 1. The lowest BCUT2D eigenvalue weighted by Gasteiger charge is -2.23. The SMILES string of the molecule is CCc1c(C=NN)cc(C(C)(C)C)cc1NC(=O)c1cc2cccc(CC)c2n1C. The van der Waals surface area contributed by atoms with Crippen LogP contribution in [0.3, 0.4) is 0 Å². The zero-order valence-corrected chi connectivity index (χ0v) is 18.8. The van der Waals surface area contributed by atoms with E-state index in [4.69, 9.17) is 5.84 Å². The van der Waals surface area contributed by atoms with Crippen LogP contribution in [0.1, 0.15) is 67.4 Å². The van der Waals surface area contributed by atoms with Crippen LogP contribution < -0.4 is 11.2 Å². The fourth-order valence-corrected chi connectivity index (χ4v) is 4.02. The van der Waals surface area contributed by atoms with Gasteiger partial charge in [-0.05, 0) is 53.1 Å². The fraction of sp³-hybridized carbons (Fsp3) is 0.360. The quantitative estimate of drug-likeness (QED) is 0.351. The number of aryl methyl sites for hydroxylation is 2. The van der Waals surface area contributed by atoms with Crippen LogP contribution in [0.4, 0.5) is 5.69 Å². The van der Waals surface area contributed by atoms with Gasteiger partial charge in [-0.2, -0.15) is 5.10 Å². The average molecular weight is 405 g/mol. The highest BCUT2D eigenvalue weighted by Gasteiger charge is 2.21. The Morgan fingerprint density at radius 3 is 2.50 bits per heavy atom. The number of hydrogen-bond donors (Lipinski definition) is 2. The van der Waals surface area contributed by atoms with Gasteiger partial charge in [-0.15, -0.1) is 0 Å². The maximum Gasteiger partial charge on any atom is 0.272 e. The predicted octanol–water partition coefficient (Wildman–Crippen LogP) is 5.15. The number of rotatable bonds is 5. The van der Waals surface area contributed by atoms with Crippen LogP contribution in [0.2, 0.25) is 0 Å². The number of nitrogens with zero attached hydrogens (tertiary/aromatic N) is 2. The molecule has 0 saturated heterocycles. The van der Waals surface area contributed by atoms with E-state index >= 15 is 0 Å². The topological polar surface area (TPSA) is 72.4 Å². The Morgan fingerprint density at radius 2 is 1.90 bits per heavy atom. The Bertz CT molecular complexity index is 1120. The molecule has 3 rings (SSSR count). The van der Waals surface area contributed by atoms with Crippen molar-refractivity contribution in [2.24, 2.45) is 18.0 Å². The summed E-state index contributed by atoms with van der Waals surface area (Å²) in [6, 6.07) is 12.4. The number of amides is 1. The van der Waals surface area contributed by atoms with Crippen molar-refractivity contribution in [3.8, 4) is 0 Å². The Labute approximate surface area is 179 Å². The molecule has 0 unspecified atom stereocenters. The van der Waals surface area contributed by atoms with Gasteiger partial charge in [-0.3, -0.25) is 4.79 Å². The molecule has 0 aliphatic carbocycles. The maximum absolute atomic E-state index is 13.3. The monoisotopic (exact) mass is 404 g/mol. The first-order valence-corrected chi connectivity index (χ1v) is 10.5. The molecule has 0 atom stereocenters. The molecule has 0 bridgehead atoms. The summed E-state index contributed by atoms with van der Waals surface area (Å²) in [5, 5.41) is 7.98. The molecule has 5 heteroatoms. The lowest BCUT2D eigenvalue weighted by Crippen LogP contribution is -2.19. The van der Waals surface area contributed by atoms with Gasteiger partial charge in [0.15, 0.2) is 0 Å². The smallest absolute Gasteiger partial charge is 0.272 e. The predicted molar refractivity (Wildman–Crippen MR) is 127 cm³/mol. The van der Waals surface area contributed by atoms with Crippen LogP contribution in [-0.2, 0) is 25.3 Å². The number of carbonyl (C=O) groups excluding carboxylic acids is 1. The molecule has 0 fully saturated rings. The van der Waals surface area contributed by atoms with Gasteiger partial charge >= 0.3 is 0 Å². The van der Waals surface area contributed by atoms with Crippen LogP contribution in [0.25, 0.3) is 10.9 Å². The molecule has 1 aromatic heterocycles. The number of nitrogens with two attached hydrogens (primary N) is 1. The van der Waals surface area contributed by atoms with Gasteiger partial charge in [-0.1, -0.05) is 52.8 Å². The van der Waals surface area contributed by atoms with E-state index in [0.717, 1.165) is 46.1 Å². The second-order valence-electron chi connectivity index (χ2n) is 8.72. The van der Waals surface area contributed by atoms with E-state index in [1.165, 1.54) is 5.56 Å². The molecular formula is C25H32N4O. The van der Waals surface area contributed by atoms with Crippen molar-refractivity contribution >= 4 is 28.7 Å². The molecule has 0 aliphatic heterocycles. The summed E-state index contributed by atoms with van der Waals surface area (Å²) in [6.07, 6.45) is 3.34. The highest BCUT2D eigenvalue weighted by Crippen LogP contribution is 2.31. The van der Waals surface area contributed by atoms with Crippen molar-refractivity contribution in [2.45, 2.75) is 52.9 Å². The molecule has 0 spiro atoms. The fourth-order valence-electron chi connectivity index (χ4n) is 4.02. The van der Waals surface area contributed by atoms with E-state index in [9.17, 15) is 4.79 Å². The van der Waals surface area contributed by atoms with Gasteiger partial charge in [0.2, 0.25) is 0 Å². The van der Waals surface area contributed by atoms with E-state index in [2.05, 4.69) is 69.3 Å². The van der Waals surface area contributed by atoms with Crippen molar-refractivity contribution in [1.29, 1.82) is 0 Å². The first-order chi connectivity index (χ1) is 14.2. The van der Waals surface area contributed by atoms with Crippen LogP contribution in [0, 0.1) is 0 Å². The molecule has 1 heterocycles. The third-order valence-corrected chi connectivity index (χ3v) is 5.72. The minimum absolute atomic E-state index is 0.0708. The zero-order chi connectivity index (χ0) is 22.1. The zero-order valence-electron chi connectivity index (χ0n) is 18.8. The number of hydrazone groups is 1. The highest BCUT2D eigenvalue weighted by molar-refractivity contribution is 6.07. The van der Waals surface area contributed by atoms with E-state index in [1.54, 1.807) is 6.21 Å². The van der Waals surface area contributed by atoms with Gasteiger partial charge in [-0.25, -0.2) is 0 Å². The Hall–Kier alpha value is -3.08. The van der Waals surface area contributed by atoms with Crippen molar-refractivity contribution in [3.63, 3.8) is 0 Å². The summed E-state index contributed by atoms with van der Waals surface area (Å²) >= 11 is 0. The number of hydrogen-bond acceptors (Lipinski definition) is 3. The minimum atomic E-state index is -0.118. The first kappa shape index (κ1) is 21.6. The molecule has 3 aromatic rings. The highest BCUT2D eigenvalue weighted by atomic mass is 16.1. The van der Waals surface area contributed by atoms with E-state index in [-0.39, 0.29) is 11.3 Å². The van der Waals surface area contributed by atoms with Crippen LogP contribution in [0.5, 0.6) is 0 Å². The summed E-state index contributed by atoms with van der Waals surface area (Å²) in [5.41, 5.74) is 6.81. The molecule has 1 amide bonds. The van der Waals surface area contributed by atoms with E-state index in [1.807, 2.05) is 23.7 Å². The Balaban J connectivity index is 2.10. The van der Waals surface area contributed by atoms with Crippen molar-refractivity contribution in [3.05, 3.63) is 64.3 Å². The molecule has 158 valence electrons. The molecule has 0 saturated carbocycles. The lowest BCUT2D eigenvalue weighted by atomic mass is 9.84.